The van der Waals surface area contributed by atoms with Crippen molar-refractivity contribution in [2.75, 3.05) is 39.9 Å². The van der Waals surface area contributed by atoms with Crippen molar-refractivity contribution in [3.8, 4) is 0 Å². The van der Waals surface area contributed by atoms with Crippen molar-refractivity contribution in [1.82, 2.24) is 20.4 Å². The molecule has 3 aliphatic heterocycles. The van der Waals surface area contributed by atoms with E-state index < -0.39 is 0 Å². The van der Waals surface area contributed by atoms with Gasteiger partial charge in [0.1, 0.15) is 0 Å². The lowest BCUT2D eigenvalue weighted by molar-refractivity contribution is -0.131. The molecule has 3 aliphatic rings. The van der Waals surface area contributed by atoms with Gasteiger partial charge in [0.2, 0.25) is 5.91 Å². The number of methoxy groups -OCH3 is 1. The largest absolute Gasteiger partial charge is 0.472 e. The lowest BCUT2D eigenvalue weighted by atomic mass is 9.85. The first kappa shape index (κ1) is 20.2. The first-order valence-corrected chi connectivity index (χ1v) is 10.4. The number of hydrogen-bond acceptors (Lipinski definition) is 6. The maximum Gasteiger partial charge on any atom is 0.241 e. The van der Waals surface area contributed by atoms with Crippen LogP contribution in [0.1, 0.15) is 32.4 Å². The standard InChI is InChI=1S/C22H32N4O3/c1-15-10-25(17(8-23-15)13-28-4)11-21(27)26-14-22(2,3)18-9-24-19(7-20(18)26)16-5-6-29-12-16/h5-7,9,12,15,17,19,23-24H,8,10-11,13-14H2,1-4H3/t15?,17-,19?/m1/s1. The maximum absolute atomic E-state index is 13.4. The molecule has 0 radical (unpaired) electrons. The number of carbonyl (C=O) groups excluding carboxylic acids is 1. The monoisotopic (exact) mass is 400 g/mol. The van der Waals surface area contributed by atoms with Crippen LogP contribution in [0.4, 0.5) is 0 Å². The van der Waals surface area contributed by atoms with Crippen LogP contribution in [0.3, 0.4) is 0 Å². The van der Waals surface area contributed by atoms with Gasteiger partial charge < -0.3 is 24.7 Å². The summed E-state index contributed by atoms with van der Waals surface area (Å²) in [5, 5.41) is 6.93. The fraction of sp³-hybridized carbons (Fsp3) is 0.591. The van der Waals surface area contributed by atoms with Crippen molar-refractivity contribution >= 4 is 5.91 Å². The second kappa shape index (κ2) is 7.97. The average molecular weight is 401 g/mol. The molecular weight excluding hydrogens is 368 g/mol. The number of hydrogen-bond donors (Lipinski definition) is 2. The molecule has 0 saturated carbocycles. The van der Waals surface area contributed by atoms with Crippen LogP contribution in [-0.4, -0.2) is 67.7 Å². The van der Waals surface area contributed by atoms with Crippen molar-refractivity contribution in [2.45, 2.75) is 38.9 Å². The number of furan rings is 1. The Labute approximate surface area is 172 Å². The summed E-state index contributed by atoms with van der Waals surface area (Å²) in [6.45, 7) is 9.96. The molecule has 158 valence electrons. The van der Waals surface area contributed by atoms with Gasteiger partial charge in [-0.2, -0.15) is 0 Å². The van der Waals surface area contributed by atoms with Gasteiger partial charge in [0.25, 0.3) is 0 Å². The van der Waals surface area contributed by atoms with Gasteiger partial charge in [-0.25, -0.2) is 0 Å². The Morgan fingerprint density at radius 2 is 2.24 bits per heavy atom. The van der Waals surface area contributed by atoms with Crippen molar-refractivity contribution in [3.05, 3.63) is 47.7 Å². The fourth-order valence-corrected chi connectivity index (χ4v) is 4.59. The molecule has 29 heavy (non-hydrogen) atoms. The molecule has 1 aromatic rings. The number of ether oxygens (including phenoxy) is 1. The topological polar surface area (TPSA) is 70.0 Å². The Morgan fingerprint density at radius 3 is 2.97 bits per heavy atom. The van der Waals surface area contributed by atoms with E-state index in [1.54, 1.807) is 19.6 Å². The van der Waals surface area contributed by atoms with E-state index in [1.807, 2.05) is 11.0 Å². The first-order chi connectivity index (χ1) is 13.9. The zero-order valence-electron chi connectivity index (χ0n) is 17.8. The van der Waals surface area contributed by atoms with Crippen LogP contribution < -0.4 is 10.6 Å². The maximum atomic E-state index is 13.4. The van der Waals surface area contributed by atoms with Gasteiger partial charge in [0.05, 0.1) is 31.7 Å². The third kappa shape index (κ3) is 3.99. The van der Waals surface area contributed by atoms with Crippen molar-refractivity contribution in [2.24, 2.45) is 5.41 Å². The molecular formula is C22H32N4O3. The summed E-state index contributed by atoms with van der Waals surface area (Å²) in [6, 6.07) is 2.55. The minimum atomic E-state index is -0.0848. The summed E-state index contributed by atoms with van der Waals surface area (Å²) in [4.78, 5) is 17.7. The first-order valence-electron chi connectivity index (χ1n) is 10.4. The summed E-state index contributed by atoms with van der Waals surface area (Å²) in [5.41, 5.74) is 3.18. The fourth-order valence-electron chi connectivity index (χ4n) is 4.59. The number of piperazine rings is 1. The molecule has 1 amide bonds. The molecule has 2 fully saturated rings. The van der Waals surface area contributed by atoms with E-state index in [0.29, 0.717) is 25.7 Å². The number of fused-ring (bicyclic) bond motifs is 1. The van der Waals surface area contributed by atoms with E-state index in [-0.39, 0.29) is 23.4 Å². The number of rotatable bonds is 5. The highest BCUT2D eigenvalue weighted by Crippen LogP contribution is 2.44. The van der Waals surface area contributed by atoms with Crippen LogP contribution in [0.2, 0.25) is 0 Å². The number of nitrogens with zero attached hydrogens (tertiary/aromatic N) is 2. The number of allylic oxidation sites excluding steroid dienone is 1. The predicted octanol–water partition coefficient (Wildman–Crippen LogP) is 1.87. The molecule has 1 aromatic heterocycles. The van der Waals surface area contributed by atoms with E-state index in [0.717, 1.165) is 24.4 Å². The number of likely N-dealkylation sites (tertiary alicyclic amines) is 1. The molecule has 7 nitrogen and oxygen atoms in total. The zero-order valence-corrected chi connectivity index (χ0v) is 17.8. The van der Waals surface area contributed by atoms with Crippen LogP contribution >= 0.6 is 0 Å². The van der Waals surface area contributed by atoms with Crippen molar-refractivity contribution in [3.63, 3.8) is 0 Å². The summed E-state index contributed by atoms with van der Waals surface area (Å²) >= 11 is 0. The molecule has 4 heterocycles. The number of carbonyl (C=O) groups is 1. The van der Waals surface area contributed by atoms with Gasteiger partial charge in [0, 0.05) is 61.7 Å². The molecule has 4 rings (SSSR count). The summed E-state index contributed by atoms with van der Waals surface area (Å²) < 4.78 is 10.6. The Balaban J connectivity index is 1.54. The second-order valence-electron chi connectivity index (χ2n) is 9.02. The minimum absolute atomic E-state index is 0.0112. The van der Waals surface area contributed by atoms with Gasteiger partial charge in [-0.15, -0.1) is 0 Å². The van der Waals surface area contributed by atoms with Gasteiger partial charge >= 0.3 is 0 Å². The molecule has 0 spiro atoms. The van der Waals surface area contributed by atoms with Crippen molar-refractivity contribution < 1.29 is 13.9 Å². The zero-order chi connectivity index (χ0) is 20.6. The molecule has 2 unspecified atom stereocenters. The molecule has 0 aromatic carbocycles. The Bertz CT molecular complexity index is 799. The van der Waals surface area contributed by atoms with Crippen LogP contribution in [0.5, 0.6) is 0 Å². The van der Waals surface area contributed by atoms with Crippen LogP contribution in [0.25, 0.3) is 0 Å². The van der Waals surface area contributed by atoms with Crippen LogP contribution in [0.15, 0.2) is 46.6 Å². The number of dihydropyridines is 1. The average Bonchev–Trinajstić information content (AvgIpc) is 3.30. The highest BCUT2D eigenvalue weighted by molar-refractivity contribution is 5.82. The molecule has 2 N–H and O–H groups in total. The number of nitrogens with one attached hydrogen (secondary N) is 2. The Kier molecular flexibility index (Phi) is 5.55. The summed E-state index contributed by atoms with van der Waals surface area (Å²) in [6.07, 6.45) is 7.65. The highest BCUT2D eigenvalue weighted by Gasteiger charge is 2.43. The summed E-state index contributed by atoms with van der Waals surface area (Å²) in [5.74, 6) is 0.149. The Hall–Kier alpha value is -2.09. The number of amides is 1. The second-order valence-corrected chi connectivity index (χ2v) is 9.02. The quantitative estimate of drug-likeness (QED) is 0.786. The normalized spacial score (nSPS) is 29.1. The van der Waals surface area contributed by atoms with Gasteiger partial charge in [-0.1, -0.05) is 13.8 Å². The molecule has 0 aliphatic carbocycles. The van der Waals surface area contributed by atoms with Crippen LogP contribution in [0, 0.1) is 5.41 Å². The molecule has 2 saturated heterocycles. The lowest BCUT2D eigenvalue weighted by Gasteiger charge is -2.39. The lowest BCUT2D eigenvalue weighted by Crippen LogP contribution is -2.59. The van der Waals surface area contributed by atoms with Gasteiger partial charge in [0.15, 0.2) is 0 Å². The van der Waals surface area contributed by atoms with E-state index in [2.05, 4.69) is 48.6 Å². The minimum Gasteiger partial charge on any atom is -0.472 e. The van der Waals surface area contributed by atoms with Gasteiger partial charge in [-0.05, 0) is 24.6 Å². The third-order valence-electron chi connectivity index (χ3n) is 6.21. The molecule has 0 bridgehead atoms. The van der Waals surface area contributed by atoms with E-state index in [9.17, 15) is 4.79 Å². The highest BCUT2D eigenvalue weighted by atomic mass is 16.5. The third-order valence-corrected chi connectivity index (χ3v) is 6.21. The van der Waals surface area contributed by atoms with Crippen molar-refractivity contribution in [1.29, 1.82) is 0 Å². The molecule has 3 atom stereocenters. The SMILES string of the molecule is COC[C@H]1CNC(C)CN1CC(=O)N1CC(C)(C)C2=CNC(c3ccoc3)C=C21. The summed E-state index contributed by atoms with van der Waals surface area (Å²) in [7, 11) is 1.72. The predicted molar refractivity (Wildman–Crippen MR) is 111 cm³/mol. The van der Waals surface area contributed by atoms with Gasteiger partial charge in [-0.3, -0.25) is 9.69 Å². The smallest absolute Gasteiger partial charge is 0.241 e. The van der Waals surface area contributed by atoms with E-state index in [4.69, 9.17) is 9.15 Å². The van der Waals surface area contributed by atoms with E-state index >= 15 is 0 Å². The molecule has 7 heteroatoms. The van der Waals surface area contributed by atoms with E-state index in [1.165, 1.54) is 5.57 Å². The Morgan fingerprint density at radius 1 is 1.41 bits per heavy atom. The van der Waals surface area contributed by atoms with Crippen LogP contribution in [-0.2, 0) is 9.53 Å².